The zero-order chi connectivity index (χ0) is 20.4. The van der Waals surface area contributed by atoms with Crippen LogP contribution in [0.5, 0.6) is 0 Å². The number of rotatable bonds is 3. The lowest BCUT2D eigenvalue weighted by Gasteiger charge is -2.40. The number of benzene rings is 2. The number of para-hydroxylation sites is 1. The fourth-order valence-electron chi connectivity index (χ4n) is 3.57. The van der Waals surface area contributed by atoms with E-state index in [4.69, 9.17) is 0 Å². The monoisotopic (exact) mass is 392 g/mol. The number of aromatic nitrogens is 2. The molecule has 0 saturated carbocycles. The number of carbonyl (C=O) groups excluding carboxylic acids is 1. The van der Waals surface area contributed by atoms with Crippen LogP contribution in [0.3, 0.4) is 0 Å². The molecule has 0 bridgehead atoms. The molecule has 0 aliphatic carbocycles. The number of piperazine rings is 1. The Bertz CT molecular complexity index is 1070. The quantitative estimate of drug-likeness (QED) is 0.688. The number of hydrogen-bond acceptors (Lipinski definition) is 4. The third kappa shape index (κ3) is 3.89. The van der Waals surface area contributed by atoms with Crippen LogP contribution in [0.15, 0.2) is 71.5 Å². The van der Waals surface area contributed by atoms with Crippen LogP contribution >= 0.6 is 0 Å². The maximum absolute atomic E-state index is 13.2. The van der Waals surface area contributed by atoms with Gasteiger partial charge in [-0.25, -0.2) is 4.39 Å². The molecule has 1 amide bonds. The zero-order valence-electron chi connectivity index (χ0n) is 16.0. The van der Waals surface area contributed by atoms with Gasteiger partial charge in [-0.05, 0) is 49.4 Å². The smallest absolute Gasteiger partial charge is 0.274 e. The molecule has 1 aliphatic heterocycles. The maximum atomic E-state index is 13.2. The number of anilines is 1. The summed E-state index contributed by atoms with van der Waals surface area (Å²) in [5.41, 5.74) is 1.35. The normalized spacial score (nSPS) is 16.7. The van der Waals surface area contributed by atoms with E-state index < -0.39 is 5.82 Å². The minimum Gasteiger partial charge on any atom is -0.368 e. The van der Waals surface area contributed by atoms with Gasteiger partial charge in [0.1, 0.15) is 11.5 Å². The molecule has 0 unspecified atom stereocenters. The Hall–Kier alpha value is -3.48. The average Bonchev–Trinajstić information content (AvgIpc) is 2.75. The van der Waals surface area contributed by atoms with Gasteiger partial charge in [-0.2, -0.15) is 9.78 Å². The second-order valence-electron chi connectivity index (χ2n) is 7.07. The molecule has 0 N–H and O–H groups in total. The molecule has 7 heteroatoms. The summed E-state index contributed by atoms with van der Waals surface area (Å²) in [5.74, 6) is -0.625. The molecule has 2 heterocycles. The molecular weight excluding hydrogens is 371 g/mol. The van der Waals surface area contributed by atoms with Crippen LogP contribution in [-0.4, -0.2) is 46.3 Å². The van der Waals surface area contributed by atoms with Crippen LogP contribution in [0, 0.1) is 5.82 Å². The Morgan fingerprint density at radius 1 is 0.966 bits per heavy atom. The summed E-state index contributed by atoms with van der Waals surface area (Å²) in [5, 5.41) is 4.24. The standard InChI is InChI=1S/C22H21FN4O2/c1-16-15-25(18-5-3-2-4-6-18)13-14-26(16)22(29)20-11-12-21(28)27(24-20)19-9-7-17(23)8-10-19/h2-12,16H,13-15H2,1H3/t16-/m0/s1. The highest BCUT2D eigenvalue weighted by Crippen LogP contribution is 2.20. The molecule has 4 rings (SSSR count). The molecule has 1 aromatic heterocycles. The third-order valence-electron chi connectivity index (χ3n) is 5.10. The lowest BCUT2D eigenvalue weighted by atomic mass is 10.1. The van der Waals surface area contributed by atoms with Crippen LogP contribution in [0.2, 0.25) is 0 Å². The van der Waals surface area contributed by atoms with Gasteiger partial charge in [0.05, 0.1) is 5.69 Å². The topological polar surface area (TPSA) is 58.4 Å². The minimum absolute atomic E-state index is 0.00976. The summed E-state index contributed by atoms with van der Waals surface area (Å²) in [6.45, 7) is 4.00. The largest absolute Gasteiger partial charge is 0.368 e. The fourth-order valence-corrected chi connectivity index (χ4v) is 3.57. The van der Waals surface area contributed by atoms with E-state index in [1.165, 1.54) is 36.4 Å². The van der Waals surface area contributed by atoms with Crippen molar-refractivity contribution in [2.75, 3.05) is 24.5 Å². The minimum atomic E-state index is -0.404. The van der Waals surface area contributed by atoms with Gasteiger partial charge in [0.2, 0.25) is 0 Å². The molecule has 29 heavy (non-hydrogen) atoms. The second kappa shape index (κ2) is 7.87. The lowest BCUT2D eigenvalue weighted by molar-refractivity contribution is 0.0666. The highest BCUT2D eigenvalue weighted by Gasteiger charge is 2.29. The van der Waals surface area contributed by atoms with Crippen molar-refractivity contribution >= 4 is 11.6 Å². The summed E-state index contributed by atoms with van der Waals surface area (Å²) in [6, 6.07) is 18.3. The van der Waals surface area contributed by atoms with Crippen molar-refractivity contribution in [2.24, 2.45) is 0 Å². The average molecular weight is 392 g/mol. The van der Waals surface area contributed by atoms with Gasteiger partial charge >= 0.3 is 0 Å². The Kier molecular flexibility index (Phi) is 5.12. The first kappa shape index (κ1) is 18.9. The molecule has 1 saturated heterocycles. The van der Waals surface area contributed by atoms with Crippen molar-refractivity contribution in [2.45, 2.75) is 13.0 Å². The molecule has 0 radical (unpaired) electrons. The summed E-state index contributed by atoms with van der Waals surface area (Å²) in [7, 11) is 0. The van der Waals surface area contributed by atoms with Crippen molar-refractivity contribution in [3.8, 4) is 5.69 Å². The first-order valence-corrected chi connectivity index (χ1v) is 9.50. The first-order valence-electron chi connectivity index (χ1n) is 9.50. The highest BCUT2D eigenvalue weighted by molar-refractivity contribution is 5.92. The summed E-state index contributed by atoms with van der Waals surface area (Å²) in [4.78, 5) is 29.3. The van der Waals surface area contributed by atoms with Crippen LogP contribution in [0.4, 0.5) is 10.1 Å². The molecule has 2 aromatic carbocycles. The first-order chi connectivity index (χ1) is 14.0. The summed E-state index contributed by atoms with van der Waals surface area (Å²) in [6.07, 6.45) is 0. The van der Waals surface area contributed by atoms with Gasteiger partial charge in [0.15, 0.2) is 0 Å². The molecule has 6 nitrogen and oxygen atoms in total. The van der Waals surface area contributed by atoms with Crippen molar-refractivity contribution in [1.82, 2.24) is 14.7 Å². The van der Waals surface area contributed by atoms with E-state index in [2.05, 4.69) is 22.1 Å². The van der Waals surface area contributed by atoms with E-state index in [1.54, 1.807) is 4.90 Å². The van der Waals surface area contributed by atoms with Gasteiger partial charge in [-0.3, -0.25) is 9.59 Å². The van der Waals surface area contributed by atoms with Crippen LogP contribution < -0.4 is 10.5 Å². The lowest BCUT2D eigenvalue weighted by Crippen LogP contribution is -2.54. The zero-order valence-corrected chi connectivity index (χ0v) is 16.0. The number of nitrogens with zero attached hydrogens (tertiary/aromatic N) is 4. The Morgan fingerprint density at radius 3 is 2.38 bits per heavy atom. The van der Waals surface area contributed by atoms with Crippen molar-refractivity contribution < 1.29 is 9.18 Å². The predicted octanol–water partition coefficient (Wildman–Crippen LogP) is 2.72. The summed E-state index contributed by atoms with van der Waals surface area (Å²) >= 11 is 0. The van der Waals surface area contributed by atoms with E-state index in [9.17, 15) is 14.0 Å². The van der Waals surface area contributed by atoms with Crippen molar-refractivity contribution in [3.05, 3.63) is 88.6 Å². The van der Waals surface area contributed by atoms with Gasteiger partial charge in [-0.1, -0.05) is 18.2 Å². The van der Waals surface area contributed by atoms with E-state index in [0.29, 0.717) is 18.8 Å². The number of carbonyl (C=O) groups is 1. The maximum Gasteiger partial charge on any atom is 0.274 e. The van der Waals surface area contributed by atoms with Crippen molar-refractivity contribution in [3.63, 3.8) is 0 Å². The molecule has 1 atom stereocenters. The predicted molar refractivity (Wildman–Crippen MR) is 109 cm³/mol. The SMILES string of the molecule is C[C@H]1CN(c2ccccc2)CCN1C(=O)c1ccc(=O)n(-c2ccc(F)cc2)n1. The Morgan fingerprint density at radius 2 is 1.69 bits per heavy atom. The Labute approximate surface area is 167 Å². The van der Waals surface area contributed by atoms with Crippen LogP contribution in [0.1, 0.15) is 17.4 Å². The number of hydrogen-bond donors (Lipinski definition) is 0. The second-order valence-corrected chi connectivity index (χ2v) is 7.07. The molecule has 3 aromatic rings. The van der Waals surface area contributed by atoms with Gasteiger partial charge in [0.25, 0.3) is 11.5 Å². The molecular formula is C22H21FN4O2. The number of halogens is 1. The van der Waals surface area contributed by atoms with E-state index in [0.717, 1.165) is 16.9 Å². The van der Waals surface area contributed by atoms with Crippen LogP contribution in [0.25, 0.3) is 5.69 Å². The molecule has 148 valence electrons. The van der Waals surface area contributed by atoms with E-state index >= 15 is 0 Å². The van der Waals surface area contributed by atoms with Crippen LogP contribution in [-0.2, 0) is 0 Å². The van der Waals surface area contributed by atoms with Gasteiger partial charge in [-0.15, -0.1) is 0 Å². The fraction of sp³-hybridized carbons (Fsp3) is 0.227. The van der Waals surface area contributed by atoms with E-state index in [1.807, 2.05) is 25.1 Å². The van der Waals surface area contributed by atoms with Crippen molar-refractivity contribution in [1.29, 1.82) is 0 Å². The van der Waals surface area contributed by atoms with Gasteiger partial charge in [0, 0.05) is 37.4 Å². The van der Waals surface area contributed by atoms with E-state index in [-0.39, 0.29) is 23.2 Å². The molecule has 1 fully saturated rings. The molecule has 1 aliphatic rings. The summed E-state index contributed by atoms with van der Waals surface area (Å²) < 4.78 is 14.3. The third-order valence-corrected chi connectivity index (χ3v) is 5.10. The van der Waals surface area contributed by atoms with Gasteiger partial charge < -0.3 is 9.80 Å². The Balaban J connectivity index is 1.55. The molecule has 0 spiro atoms. The highest BCUT2D eigenvalue weighted by atomic mass is 19.1. The number of amides is 1.